The number of aromatic nitrogens is 1. The van der Waals surface area contributed by atoms with Gasteiger partial charge in [0.2, 0.25) is 0 Å². The Labute approximate surface area is 126 Å². The molecule has 0 unspecified atom stereocenters. The average Bonchev–Trinajstić information content (AvgIpc) is 2.55. The van der Waals surface area contributed by atoms with Crippen LogP contribution in [0.3, 0.4) is 0 Å². The molecule has 1 aliphatic rings. The van der Waals surface area contributed by atoms with Crippen LogP contribution in [0.15, 0.2) is 36.5 Å². The highest BCUT2D eigenvalue weighted by molar-refractivity contribution is 6.04. The molecule has 0 aliphatic carbocycles. The van der Waals surface area contributed by atoms with Crippen molar-refractivity contribution in [1.82, 2.24) is 4.98 Å². The number of halogens is 2. The van der Waals surface area contributed by atoms with E-state index in [-0.39, 0.29) is 11.3 Å². The number of ether oxygens (including phenoxy) is 1. The lowest BCUT2D eigenvalue weighted by molar-refractivity contribution is 0.102. The molecule has 0 fully saturated rings. The molecule has 2 heterocycles. The molecule has 114 valence electrons. The maximum absolute atomic E-state index is 12.5. The zero-order valence-electron chi connectivity index (χ0n) is 11.7. The van der Waals surface area contributed by atoms with Gasteiger partial charge >= 0.3 is 0 Å². The van der Waals surface area contributed by atoms with Crippen molar-refractivity contribution in [3.63, 3.8) is 0 Å². The zero-order valence-corrected chi connectivity index (χ0v) is 11.7. The molecule has 0 saturated heterocycles. The number of benzene rings is 1. The number of hydrogen-bond donors (Lipinski definition) is 1. The molecule has 3 rings (SSSR count). The molecule has 0 saturated carbocycles. The standard InChI is InChI=1S/C16H14F2N2O2/c17-15(18)13-7-6-11(9-19-13)16(21)20-12-5-1-3-10-4-2-8-22-14(10)12/h1,3,5-7,9,15H,2,4,8H2,(H,20,21). The van der Waals surface area contributed by atoms with Crippen molar-refractivity contribution in [1.29, 1.82) is 0 Å². The average molecular weight is 304 g/mol. The number of rotatable bonds is 3. The van der Waals surface area contributed by atoms with Gasteiger partial charge in [-0.15, -0.1) is 0 Å². The molecule has 0 radical (unpaired) electrons. The topological polar surface area (TPSA) is 51.2 Å². The second-order valence-electron chi connectivity index (χ2n) is 4.97. The van der Waals surface area contributed by atoms with Crippen LogP contribution in [-0.2, 0) is 6.42 Å². The maximum atomic E-state index is 12.5. The minimum atomic E-state index is -2.65. The smallest absolute Gasteiger partial charge is 0.280 e. The van der Waals surface area contributed by atoms with E-state index in [1.807, 2.05) is 12.1 Å². The van der Waals surface area contributed by atoms with Gasteiger partial charge < -0.3 is 10.1 Å². The van der Waals surface area contributed by atoms with Crippen LogP contribution in [-0.4, -0.2) is 17.5 Å². The number of alkyl halides is 2. The van der Waals surface area contributed by atoms with E-state index in [1.54, 1.807) is 6.07 Å². The Hall–Kier alpha value is -2.50. The molecule has 0 atom stereocenters. The fourth-order valence-electron chi connectivity index (χ4n) is 2.35. The summed E-state index contributed by atoms with van der Waals surface area (Å²) in [6, 6.07) is 8.05. The molecule has 0 spiro atoms. The fourth-order valence-corrected chi connectivity index (χ4v) is 2.35. The lowest BCUT2D eigenvalue weighted by atomic mass is 10.1. The number of nitrogens with zero attached hydrogens (tertiary/aromatic N) is 1. The summed E-state index contributed by atoms with van der Waals surface area (Å²) < 4.78 is 30.5. The molecule has 1 aromatic carbocycles. The molecular weight excluding hydrogens is 290 g/mol. The van der Waals surface area contributed by atoms with Crippen molar-refractivity contribution in [2.24, 2.45) is 0 Å². The Kier molecular flexibility index (Phi) is 4.00. The van der Waals surface area contributed by atoms with Crippen LogP contribution >= 0.6 is 0 Å². The molecule has 4 nitrogen and oxygen atoms in total. The Morgan fingerprint density at radius 1 is 1.27 bits per heavy atom. The number of carbonyl (C=O) groups is 1. The second-order valence-corrected chi connectivity index (χ2v) is 4.97. The molecule has 2 aromatic rings. The number of hydrogen-bond acceptors (Lipinski definition) is 3. The first kappa shape index (κ1) is 14.4. The van der Waals surface area contributed by atoms with E-state index < -0.39 is 12.3 Å². The highest BCUT2D eigenvalue weighted by Crippen LogP contribution is 2.33. The summed E-state index contributed by atoms with van der Waals surface area (Å²) in [7, 11) is 0. The summed E-state index contributed by atoms with van der Waals surface area (Å²) in [6.07, 6.45) is 0.354. The minimum Gasteiger partial charge on any atom is -0.491 e. The summed E-state index contributed by atoms with van der Waals surface area (Å²) in [6.45, 7) is 0.616. The van der Waals surface area contributed by atoms with Crippen molar-refractivity contribution in [3.8, 4) is 5.75 Å². The summed E-state index contributed by atoms with van der Waals surface area (Å²) >= 11 is 0. The second kappa shape index (κ2) is 6.09. The number of anilines is 1. The highest BCUT2D eigenvalue weighted by atomic mass is 19.3. The van der Waals surface area contributed by atoms with Gasteiger partial charge in [-0.25, -0.2) is 8.78 Å². The van der Waals surface area contributed by atoms with Crippen LogP contribution in [0.5, 0.6) is 5.75 Å². The van der Waals surface area contributed by atoms with E-state index in [9.17, 15) is 13.6 Å². The summed E-state index contributed by atoms with van der Waals surface area (Å²) in [5, 5.41) is 2.74. The zero-order chi connectivity index (χ0) is 15.5. The van der Waals surface area contributed by atoms with Crippen LogP contribution in [0, 0.1) is 0 Å². The molecule has 1 N–H and O–H groups in total. The Balaban J connectivity index is 1.80. The first-order valence-corrected chi connectivity index (χ1v) is 6.95. The van der Waals surface area contributed by atoms with Gasteiger partial charge in [0.25, 0.3) is 12.3 Å². The number of fused-ring (bicyclic) bond motifs is 1. The van der Waals surface area contributed by atoms with Gasteiger partial charge in [0, 0.05) is 6.20 Å². The number of carbonyl (C=O) groups excluding carboxylic acids is 1. The van der Waals surface area contributed by atoms with Gasteiger partial charge in [-0.3, -0.25) is 9.78 Å². The van der Waals surface area contributed by atoms with Crippen molar-refractivity contribution in [2.45, 2.75) is 19.3 Å². The molecule has 1 amide bonds. The summed E-state index contributed by atoms with van der Waals surface area (Å²) in [5.41, 5.74) is 1.50. The van der Waals surface area contributed by atoms with E-state index >= 15 is 0 Å². The van der Waals surface area contributed by atoms with Crippen LogP contribution in [0.4, 0.5) is 14.5 Å². The largest absolute Gasteiger partial charge is 0.491 e. The van der Waals surface area contributed by atoms with Crippen molar-refractivity contribution >= 4 is 11.6 Å². The molecule has 6 heteroatoms. The van der Waals surface area contributed by atoms with E-state index in [4.69, 9.17) is 4.74 Å². The first-order valence-electron chi connectivity index (χ1n) is 6.95. The quantitative estimate of drug-likeness (QED) is 0.942. The number of nitrogens with one attached hydrogen (secondary N) is 1. The highest BCUT2D eigenvalue weighted by Gasteiger charge is 2.17. The number of aryl methyl sites for hydroxylation is 1. The molecule has 0 bridgehead atoms. The fraction of sp³-hybridized carbons (Fsp3) is 0.250. The van der Waals surface area contributed by atoms with Gasteiger partial charge in [-0.1, -0.05) is 12.1 Å². The van der Waals surface area contributed by atoms with Crippen molar-refractivity contribution in [2.75, 3.05) is 11.9 Å². The maximum Gasteiger partial charge on any atom is 0.280 e. The Morgan fingerprint density at radius 3 is 2.86 bits per heavy atom. The monoisotopic (exact) mass is 304 g/mol. The van der Waals surface area contributed by atoms with Crippen molar-refractivity contribution in [3.05, 3.63) is 53.3 Å². The molecular formula is C16H14F2N2O2. The van der Waals surface area contributed by atoms with E-state index in [1.165, 1.54) is 6.07 Å². The lowest BCUT2D eigenvalue weighted by Gasteiger charge is -2.20. The summed E-state index contributed by atoms with van der Waals surface area (Å²) in [4.78, 5) is 15.8. The van der Waals surface area contributed by atoms with Gasteiger partial charge in [0.15, 0.2) is 0 Å². The molecule has 1 aliphatic heterocycles. The van der Waals surface area contributed by atoms with Gasteiger partial charge in [0.05, 0.1) is 17.9 Å². The lowest BCUT2D eigenvalue weighted by Crippen LogP contribution is -2.16. The molecule has 1 aromatic heterocycles. The van der Waals surface area contributed by atoms with Crippen molar-refractivity contribution < 1.29 is 18.3 Å². The number of amides is 1. The summed E-state index contributed by atoms with van der Waals surface area (Å²) in [5.74, 6) is 0.273. The Bertz CT molecular complexity index is 687. The predicted octanol–water partition coefficient (Wildman–Crippen LogP) is 3.60. The van der Waals surface area contributed by atoms with Gasteiger partial charge in [-0.05, 0) is 36.6 Å². The minimum absolute atomic E-state index is 0.220. The van der Waals surface area contributed by atoms with Crippen LogP contribution < -0.4 is 10.1 Å². The van der Waals surface area contributed by atoms with E-state index in [2.05, 4.69) is 10.3 Å². The van der Waals surface area contributed by atoms with E-state index in [0.717, 1.165) is 30.7 Å². The Morgan fingerprint density at radius 2 is 2.14 bits per heavy atom. The molecule has 22 heavy (non-hydrogen) atoms. The van der Waals surface area contributed by atoms with Crippen LogP contribution in [0.25, 0.3) is 0 Å². The third-order valence-electron chi connectivity index (χ3n) is 3.45. The van der Waals surface area contributed by atoms with Gasteiger partial charge in [0.1, 0.15) is 11.4 Å². The third kappa shape index (κ3) is 2.90. The third-order valence-corrected chi connectivity index (χ3v) is 3.45. The first-order chi connectivity index (χ1) is 10.6. The number of pyridine rings is 1. The van der Waals surface area contributed by atoms with Crippen LogP contribution in [0.2, 0.25) is 0 Å². The normalized spacial score (nSPS) is 13.4. The predicted molar refractivity (Wildman–Crippen MR) is 77.4 cm³/mol. The SMILES string of the molecule is O=C(Nc1cccc2c1OCCC2)c1ccc(C(F)F)nc1. The van der Waals surface area contributed by atoms with Crippen LogP contribution in [0.1, 0.15) is 34.5 Å². The van der Waals surface area contributed by atoms with Gasteiger partial charge in [-0.2, -0.15) is 0 Å². The van der Waals surface area contributed by atoms with E-state index in [0.29, 0.717) is 18.0 Å². The number of para-hydroxylation sites is 1.